The molecule has 1 heterocycles. The summed E-state index contributed by atoms with van der Waals surface area (Å²) in [5.74, 6) is 2.88. The minimum atomic E-state index is 0.345. The summed E-state index contributed by atoms with van der Waals surface area (Å²) >= 11 is 0. The standard InChI is InChI=1S/C20H33NO2/c1-19-9-7-15-14(16(19)11-13(12-19)23-4)5-6-17-20(15,2)10-8-18(22)21(17)3/h13-17H,5-12H2,1-4H3/t13?,14-,15-,16+,17?,19-,20-/m1/s1. The van der Waals surface area contributed by atoms with E-state index in [1.54, 1.807) is 0 Å². The molecule has 3 aliphatic carbocycles. The maximum absolute atomic E-state index is 12.2. The molecule has 0 spiro atoms. The number of amides is 1. The van der Waals surface area contributed by atoms with E-state index in [0.29, 0.717) is 28.9 Å². The van der Waals surface area contributed by atoms with Gasteiger partial charge in [-0.2, -0.15) is 0 Å². The summed E-state index contributed by atoms with van der Waals surface area (Å²) in [6.45, 7) is 5.03. The van der Waals surface area contributed by atoms with E-state index in [2.05, 4.69) is 18.7 Å². The SMILES string of the molecule is COC1C[C@H]2[C@@H]3CCC4N(C)C(=O)CC[C@]4(C)[C@@H]3CC[C@]2(C)C1. The third kappa shape index (κ3) is 2.14. The van der Waals surface area contributed by atoms with Crippen LogP contribution in [0, 0.1) is 28.6 Å². The van der Waals surface area contributed by atoms with Crippen molar-refractivity contribution < 1.29 is 9.53 Å². The van der Waals surface area contributed by atoms with E-state index >= 15 is 0 Å². The highest BCUT2D eigenvalue weighted by Gasteiger charge is 2.60. The van der Waals surface area contributed by atoms with E-state index in [0.717, 1.165) is 30.6 Å². The minimum absolute atomic E-state index is 0.345. The number of carbonyl (C=O) groups excluding carboxylic acids is 1. The summed E-state index contributed by atoms with van der Waals surface area (Å²) in [4.78, 5) is 14.3. The van der Waals surface area contributed by atoms with Crippen LogP contribution < -0.4 is 0 Å². The van der Waals surface area contributed by atoms with Gasteiger partial charge in [0.1, 0.15) is 0 Å². The molecule has 0 bridgehead atoms. The van der Waals surface area contributed by atoms with Gasteiger partial charge in [-0.3, -0.25) is 4.79 Å². The van der Waals surface area contributed by atoms with Gasteiger partial charge in [-0.25, -0.2) is 0 Å². The number of piperidine rings is 1. The molecule has 1 saturated heterocycles. The fourth-order valence-electron chi connectivity index (χ4n) is 7.32. The van der Waals surface area contributed by atoms with Crippen molar-refractivity contribution >= 4 is 5.91 Å². The topological polar surface area (TPSA) is 29.5 Å². The number of ether oxygens (including phenoxy) is 1. The van der Waals surface area contributed by atoms with Gasteiger partial charge in [-0.1, -0.05) is 13.8 Å². The zero-order valence-electron chi connectivity index (χ0n) is 15.3. The summed E-state index contributed by atoms with van der Waals surface area (Å²) in [7, 11) is 3.94. The second-order valence-corrected chi connectivity index (χ2v) is 9.47. The number of hydrogen-bond acceptors (Lipinski definition) is 2. The summed E-state index contributed by atoms with van der Waals surface area (Å²) in [5, 5.41) is 0. The van der Waals surface area contributed by atoms with Crippen LogP contribution in [-0.4, -0.2) is 37.1 Å². The van der Waals surface area contributed by atoms with Crippen LogP contribution in [0.25, 0.3) is 0 Å². The lowest BCUT2D eigenvalue weighted by atomic mass is 9.47. The molecule has 2 unspecified atom stereocenters. The Bertz CT molecular complexity index is 506. The van der Waals surface area contributed by atoms with E-state index in [4.69, 9.17) is 4.74 Å². The Morgan fingerprint density at radius 3 is 2.65 bits per heavy atom. The van der Waals surface area contributed by atoms with Crippen molar-refractivity contribution in [1.29, 1.82) is 0 Å². The lowest BCUT2D eigenvalue weighted by molar-refractivity contribution is -0.156. The highest BCUT2D eigenvalue weighted by Crippen LogP contribution is 2.64. The molecule has 0 aromatic rings. The fourth-order valence-corrected chi connectivity index (χ4v) is 7.32. The molecular weight excluding hydrogens is 286 g/mol. The summed E-state index contributed by atoms with van der Waals surface area (Å²) in [6, 6.07) is 0.481. The van der Waals surface area contributed by atoms with E-state index in [1.807, 2.05) is 14.2 Å². The lowest BCUT2D eigenvalue weighted by Gasteiger charge is -2.61. The summed E-state index contributed by atoms with van der Waals surface area (Å²) in [5.41, 5.74) is 0.847. The van der Waals surface area contributed by atoms with Gasteiger partial charge >= 0.3 is 0 Å². The quantitative estimate of drug-likeness (QED) is 0.734. The first kappa shape index (κ1) is 15.9. The van der Waals surface area contributed by atoms with E-state index in [-0.39, 0.29) is 0 Å². The zero-order chi connectivity index (χ0) is 16.4. The van der Waals surface area contributed by atoms with Gasteiger partial charge in [0.2, 0.25) is 5.91 Å². The van der Waals surface area contributed by atoms with Gasteiger partial charge in [0.15, 0.2) is 0 Å². The molecule has 4 fully saturated rings. The molecule has 3 heteroatoms. The van der Waals surface area contributed by atoms with Crippen LogP contribution in [0.2, 0.25) is 0 Å². The van der Waals surface area contributed by atoms with Crippen LogP contribution in [0.5, 0.6) is 0 Å². The average Bonchev–Trinajstić information content (AvgIpc) is 2.88. The number of hydrogen-bond donors (Lipinski definition) is 0. The first-order valence-corrected chi connectivity index (χ1v) is 9.67. The second-order valence-electron chi connectivity index (χ2n) is 9.47. The van der Waals surface area contributed by atoms with Crippen LogP contribution in [0.15, 0.2) is 0 Å². The molecule has 23 heavy (non-hydrogen) atoms. The van der Waals surface area contributed by atoms with Gasteiger partial charge in [-0.15, -0.1) is 0 Å². The van der Waals surface area contributed by atoms with E-state index < -0.39 is 0 Å². The molecule has 130 valence electrons. The van der Waals surface area contributed by atoms with Crippen molar-refractivity contribution in [2.45, 2.75) is 77.4 Å². The molecule has 0 N–H and O–H groups in total. The van der Waals surface area contributed by atoms with Gasteiger partial charge in [0, 0.05) is 26.6 Å². The first-order valence-electron chi connectivity index (χ1n) is 9.67. The fraction of sp³-hybridized carbons (Fsp3) is 0.950. The molecule has 0 radical (unpaired) electrons. The largest absolute Gasteiger partial charge is 0.381 e. The molecule has 3 nitrogen and oxygen atoms in total. The normalized spacial score (nSPS) is 52.8. The highest BCUT2D eigenvalue weighted by atomic mass is 16.5. The zero-order valence-corrected chi connectivity index (χ0v) is 15.3. The molecular formula is C20H33NO2. The average molecular weight is 319 g/mol. The van der Waals surface area contributed by atoms with E-state index in [9.17, 15) is 4.79 Å². The van der Waals surface area contributed by atoms with Crippen molar-refractivity contribution in [2.24, 2.45) is 28.6 Å². The number of likely N-dealkylation sites (tertiary alicyclic amines) is 1. The number of nitrogens with zero attached hydrogens (tertiary/aromatic N) is 1. The predicted molar refractivity (Wildman–Crippen MR) is 91.0 cm³/mol. The number of rotatable bonds is 1. The first-order chi connectivity index (χ1) is 10.9. The van der Waals surface area contributed by atoms with Crippen molar-refractivity contribution in [2.75, 3.05) is 14.2 Å². The Hall–Kier alpha value is -0.570. The Morgan fingerprint density at radius 1 is 1.13 bits per heavy atom. The van der Waals surface area contributed by atoms with Crippen LogP contribution in [0.4, 0.5) is 0 Å². The molecule has 1 aliphatic heterocycles. The molecule has 1 amide bonds. The Morgan fingerprint density at radius 2 is 1.91 bits per heavy atom. The van der Waals surface area contributed by atoms with E-state index in [1.165, 1.54) is 38.5 Å². The number of methoxy groups -OCH3 is 1. The molecule has 3 saturated carbocycles. The molecule has 0 aromatic heterocycles. The highest BCUT2D eigenvalue weighted by molar-refractivity contribution is 5.77. The predicted octanol–water partition coefficient (Wildman–Crippen LogP) is 3.86. The Kier molecular flexibility index (Phi) is 3.61. The van der Waals surface area contributed by atoms with Crippen LogP contribution in [0.1, 0.15) is 65.2 Å². The third-order valence-electron chi connectivity index (χ3n) is 8.62. The Balaban J connectivity index is 1.63. The van der Waals surface area contributed by atoms with Crippen LogP contribution in [0.3, 0.4) is 0 Å². The molecule has 4 rings (SSSR count). The number of carbonyl (C=O) groups is 1. The van der Waals surface area contributed by atoms with Crippen LogP contribution in [-0.2, 0) is 9.53 Å². The Labute approximate surface area is 141 Å². The third-order valence-corrected chi connectivity index (χ3v) is 8.62. The summed E-state index contributed by atoms with van der Waals surface area (Å²) < 4.78 is 5.76. The molecule has 7 atom stereocenters. The van der Waals surface area contributed by atoms with Crippen molar-refractivity contribution in [1.82, 2.24) is 4.90 Å². The van der Waals surface area contributed by atoms with Gasteiger partial charge < -0.3 is 9.64 Å². The smallest absolute Gasteiger partial charge is 0.222 e. The van der Waals surface area contributed by atoms with Crippen molar-refractivity contribution in [3.05, 3.63) is 0 Å². The lowest BCUT2D eigenvalue weighted by Crippen LogP contribution is -2.61. The van der Waals surface area contributed by atoms with Crippen LogP contribution >= 0.6 is 0 Å². The van der Waals surface area contributed by atoms with Gasteiger partial charge in [0.05, 0.1) is 6.10 Å². The van der Waals surface area contributed by atoms with Gasteiger partial charge in [0.25, 0.3) is 0 Å². The number of fused-ring (bicyclic) bond motifs is 5. The summed E-state index contributed by atoms with van der Waals surface area (Å²) in [6.07, 6.45) is 10.1. The minimum Gasteiger partial charge on any atom is -0.381 e. The maximum Gasteiger partial charge on any atom is 0.222 e. The molecule has 0 aromatic carbocycles. The monoisotopic (exact) mass is 319 g/mol. The van der Waals surface area contributed by atoms with Crippen molar-refractivity contribution in [3.8, 4) is 0 Å². The van der Waals surface area contributed by atoms with Crippen molar-refractivity contribution in [3.63, 3.8) is 0 Å². The molecule has 4 aliphatic rings. The second kappa shape index (κ2) is 5.21. The maximum atomic E-state index is 12.2. The van der Waals surface area contributed by atoms with Gasteiger partial charge in [-0.05, 0) is 73.5 Å².